The van der Waals surface area contributed by atoms with E-state index in [0.717, 1.165) is 24.4 Å². The van der Waals surface area contributed by atoms with Crippen LogP contribution >= 0.6 is 0 Å². The molecule has 1 atom stereocenters. The Labute approximate surface area is 129 Å². The number of nitrogens with zero attached hydrogens (tertiary/aromatic N) is 1. The molecule has 0 aliphatic heterocycles. The van der Waals surface area contributed by atoms with Gasteiger partial charge in [0.25, 0.3) is 5.91 Å². The van der Waals surface area contributed by atoms with Crippen molar-refractivity contribution < 1.29 is 27.8 Å². The van der Waals surface area contributed by atoms with Gasteiger partial charge in [-0.15, -0.1) is 0 Å². The second-order valence-electron chi connectivity index (χ2n) is 4.57. The van der Waals surface area contributed by atoms with Crippen LogP contribution in [0.4, 0.5) is 14.5 Å². The molecule has 6 nitrogen and oxygen atoms in total. The van der Waals surface area contributed by atoms with E-state index in [1.54, 1.807) is 0 Å². The molecule has 120 valence electrons. The Morgan fingerprint density at radius 2 is 2.00 bits per heavy atom. The van der Waals surface area contributed by atoms with Gasteiger partial charge in [0.15, 0.2) is 12.3 Å². The second kappa shape index (κ2) is 6.82. The van der Waals surface area contributed by atoms with Crippen molar-refractivity contribution in [3.63, 3.8) is 0 Å². The van der Waals surface area contributed by atoms with Gasteiger partial charge >= 0.3 is 11.7 Å². The number of hydrogen-bond donors (Lipinski definition) is 1. The van der Waals surface area contributed by atoms with E-state index in [1.807, 2.05) is 0 Å². The van der Waals surface area contributed by atoms with Crippen LogP contribution in [0.25, 0.3) is 0 Å². The summed E-state index contributed by atoms with van der Waals surface area (Å²) in [4.78, 5) is 23.7. The SMILES string of the molecule is C[C@@H](OC(=O)c1cccc[n+]1[O-])C(=O)Nc1cc(F)ccc1F. The fourth-order valence-electron chi connectivity index (χ4n) is 1.69. The number of amides is 1. The van der Waals surface area contributed by atoms with Gasteiger partial charge in [-0.25, -0.2) is 13.6 Å². The van der Waals surface area contributed by atoms with E-state index < -0.39 is 29.6 Å². The fraction of sp³-hybridized carbons (Fsp3) is 0.133. The Hall–Kier alpha value is -3.03. The molecule has 8 heteroatoms. The first kappa shape index (κ1) is 16.3. The van der Waals surface area contributed by atoms with Crippen LogP contribution in [0.1, 0.15) is 17.4 Å². The predicted molar refractivity (Wildman–Crippen MR) is 75.3 cm³/mol. The quantitative estimate of drug-likeness (QED) is 0.528. The van der Waals surface area contributed by atoms with Crippen molar-refractivity contribution in [2.45, 2.75) is 13.0 Å². The summed E-state index contributed by atoms with van der Waals surface area (Å²) in [5.41, 5.74) is -0.680. The number of carbonyl (C=O) groups excluding carboxylic acids is 2. The maximum Gasteiger partial charge on any atom is 0.405 e. The average Bonchev–Trinajstić information content (AvgIpc) is 2.51. The van der Waals surface area contributed by atoms with Gasteiger partial charge in [0, 0.05) is 18.2 Å². The van der Waals surface area contributed by atoms with E-state index in [9.17, 15) is 23.6 Å². The zero-order chi connectivity index (χ0) is 17.0. The fourth-order valence-corrected chi connectivity index (χ4v) is 1.69. The number of carbonyl (C=O) groups is 2. The highest BCUT2D eigenvalue weighted by atomic mass is 19.1. The van der Waals surface area contributed by atoms with E-state index in [0.29, 0.717) is 4.73 Å². The van der Waals surface area contributed by atoms with E-state index in [4.69, 9.17) is 4.74 Å². The van der Waals surface area contributed by atoms with Gasteiger partial charge in [0.05, 0.1) is 5.69 Å². The van der Waals surface area contributed by atoms with Crippen LogP contribution in [0, 0.1) is 16.8 Å². The first-order valence-corrected chi connectivity index (χ1v) is 6.53. The Kier molecular flexibility index (Phi) is 4.85. The summed E-state index contributed by atoms with van der Waals surface area (Å²) in [6, 6.07) is 6.66. The van der Waals surface area contributed by atoms with Gasteiger partial charge in [-0.3, -0.25) is 4.79 Å². The van der Waals surface area contributed by atoms with Crippen molar-refractivity contribution in [1.29, 1.82) is 0 Å². The van der Waals surface area contributed by atoms with E-state index in [2.05, 4.69) is 5.32 Å². The number of halogens is 2. The Morgan fingerprint density at radius 3 is 2.70 bits per heavy atom. The largest absolute Gasteiger partial charge is 0.618 e. The van der Waals surface area contributed by atoms with E-state index in [-0.39, 0.29) is 11.4 Å². The van der Waals surface area contributed by atoms with Crippen molar-refractivity contribution in [3.8, 4) is 0 Å². The number of hydrogen-bond acceptors (Lipinski definition) is 4. The molecule has 0 saturated heterocycles. The summed E-state index contributed by atoms with van der Waals surface area (Å²) in [5.74, 6) is -3.44. The van der Waals surface area contributed by atoms with Crippen LogP contribution in [-0.2, 0) is 9.53 Å². The number of anilines is 1. The summed E-state index contributed by atoms with van der Waals surface area (Å²) in [7, 11) is 0. The molecule has 0 spiro atoms. The van der Waals surface area contributed by atoms with Gasteiger partial charge in [0.1, 0.15) is 11.6 Å². The third-order valence-electron chi connectivity index (χ3n) is 2.87. The highest BCUT2D eigenvalue weighted by Crippen LogP contribution is 2.16. The summed E-state index contributed by atoms with van der Waals surface area (Å²) in [6.07, 6.45) is -0.214. The number of aromatic nitrogens is 1. The van der Waals surface area contributed by atoms with Gasteiger partial charge in [-0.1, -0.05) is 0 Å². The Balaban J connectivity index is 2.04. The van der Waals surface area contributed by atoms with Gasteiger partial charge < -0.3 is 15.3 Å². The highest BCUT2D eigenvalue weighted by molar-refractivity contribution is 5.96. The minimum absolute atomic E-state index is 0.291. The lowest BCUT2D eigenvalue weighted by Gasteiger charge is -2.13. The standard InChI is InChI=1S/C15H12F2N2O4/c1-9(23-15(21)13-4-2-3-7-19(13)22)14(20)18-12-8-10(16)5-6-11(12)17/h2-9H,1H3,(H,18,20)/t9-/m1/s1. The Bertz CT molecular complexity index is 752. The molecule has 1 aromatic carbocycles. The van der Waals surface area contributed by atoms with Crippen LogP contribution in [-0.4, -0.2) is 18.0 Å². The van der Waals surface area contributed by atoms with Crippen molar-refractivity contribution in [2.75, 3.05) is 5.32 Å². The number of rotatable bonds is 4. The van der Waals surface area contributed by atoms with Crippen molar-refractivity contribution in [1.82, 2.24) is 0 Å². The normalized spacial score (nSPS) is 11.6. The van der Waals surface area contributed by atoms with Crippen LogP contribution in [0.5, 0.6) is 0 Å². The average molecular weight is 322 g/mol. The molecule has 1 amide bonds. The van der Waals surface area contributed by atoms with Crippen LogP contribution in [0.15, 0.2) is 42.6 Å². The topological polar surface area (TPSA) is 82.3 Å². The maximum absolute atomic E-state index is 13.4. The molecule has 2 aromatic rings. The molecule has 0 radical (unpaired) electrons. The lowest BCUT2D eigenvalue weighted by molar-refractivity contribution is -0.608. The summed E-state index contributed by atoms with van der Waals surface area (Å²) in [6.45, 7) is 1.24. The van der Waals surface area contributed by atoms with Gasteiger partial charge in [0.2, 0.25) is 0 Å². The molecular weight excluding hydrogens is 310 g/mol. The summed E-state index contributed by atoms with van der Waals surface area (Å²) < 4.78 is 31.6. The van der Waals surface area contributed by atoms with Crippen LogP contribution in [0.3, 0.4) is 0 Å². The van der Waals surface area contributed by atoms with Crippen molar-refractivity contribution >= 4 is 17.6 Å². The minimum Gasteiger partial charge on any atom is -0.618 e. The summed E-state index contributed by atoms with van der Waals surface area (Å²) in [5, 5.41) is 13.5. The first-order valence-electron chi connectivity index (χ1n) is 6.53. The molecule has 0 fully saturated rings. The number of pyridine rings is 1. The number of esters is 1. The molecule has 0 saturated carbocycles. The number of benzene rings is 1. The molecule has 0 aliphatic carbocycles. The van der Waals surface area contributed by atoms with Crippen molar-refractivity contribution in [3.05, 3.63) is 65.1 Å². The maximum atomic E-state index is 13.4. The molecule has 0 bridgehead atoms. The van der Waals surface area contributed by atoms with Gasteiger partial charge in [-0.2, -0.15) is 4.73 Å². The minimum atomic E-state index is -1.31. The smallest absolute Gasteiger partial charge is 0.405 e. The number of ether oxygens (including phenoxy) is 1. The van der Waals surface area contributed by atoms with Crippen LogP contribution < -0.4 is 10.0 Å². The lowest BCUT2D eigenvalue weighted by atomic mass is 10.2. The van der Waals surface area contributed by atoms with E-state index >= 15 is 0 Å². The van der Waals surface area contributed by atoms with Gasteiger partial charge in [-0.05, 0) is 25.1 Å². The van der Waals surface area contributed by atoms with Crippen LogP contribution in [0.2, 0.25) is 0 Å². The van der Waals surface area contributed by atoms with E-state index in [1.165, 1.54) is 25.1 Å². The highest BCUT2D eigenvalue weighted by Gasteiger charge is 2.24. The zero-order valence-electron chi connectivity index (χ0n) is 12.0. The number of nitrogens with one attached hydrogen (secondary N) is 1. The second-order valence-corrected chi connectivity index (χ2v) is 4.57. The molecular formula is C15H12F2N2O4. The molecule has 1 heterocycles. The van der Waals surface area contributed by atoms with Crippen molar-refractivity contribution in [2.24, 2.45) is 0 Å². The third kappa shape index (κ3) is 4.00. The summed E-state index contributed by atoms with van der Waals surface area (Å²) >= 11 is 0. The lowest BCUT2D eigenvalue weighted by Crippen LogP contribution is -2.37. The molecule has 2 rings (SSSR count). The third-order valence-corrected chi connectivity index (χ3v) is 2.87. The molecule has 23 heavy (non-hydrogen) atoms. The molecule has 1 N–H and O–H groups in total. The molecule has 1 aromatic heterocycles. The monoisotopic (exact) mass is 322 g/mol. The first-order chi connectivity index (χ1) is 10.9. The zero-order valence-corrected chi connectivity index (χ0v) is 12.0. The molecule has 0 unspecified atom stereocenters. The predicted octanol–water partition coefficient (Wildman–Crippen LogP) is 1.78. The molecule has 0 aliphatic rings. The Morgan fingerprint density at radius 1 is 1.26 bits per heavy atom.